The molecule has 4 nitrogen and oxygen atoms in total. The SMILES string of the molecule is CN(C)S(=O)(=O)c1ccccc1-c1cc(O)cc(C(F)(F)F)c1. The molecular weight excluding hydrogens is 331 g/mol. The van der Waals surface area contributed by atoms with Crippen molar-refractivity contribution < 1.29 is 26.7 Å². The van der Waals surface area contributed by atoms with Crippen LogP contribution < -0.4 is 0 Å². The molecule has 0 bridgehead atoms. The van der Waals surface area contributed by atoms with Crippen LogP contribution in [0.1, 0.15) is 5.56 Å². The summed E-state index contributed by atoms with van der Waals surface area (Å²) in [7, 11) is -1.19. The summed E-state index contributed by atoms with van der Waals surface area (Å²) in [6, 6.07) is 8.19. The van der Waals surface area contributed by atoms with Crippen molar-refractivity contribution in [2.45, 2.75) is 11.1 Å². The van der Waals surface area contributed by atoms with Gasteiger partial charge in [0, 0.05) is 19.7 Å². The summed E-state index contributed by atoms with van der Waals surface area (Å²) in [5.74, 6) is -0.591. The molecule has 1 N–H and O–H groups in total. The van der Waals surface area contributed by atoms with Gasteiger partial charge in [0.05, 0.1) is 10.5 Å². The summed E-state index contributed by atoms with van der Waals surface area (Å²) in [6.45, 7) is 0. The second kappa shape index (κ2) is 5.86. The number of nitrogens with zero attached hydrogens (tertiary/aromatic N) is 1. The molecule has 0 saturated heterocycles. The van der Waals surface area contributed by atoms with Gasteiger partial charge in [0.2, 0.25) is 10.0 Å². The molecule has 0 aliphatic heterocycles. The minimum Gasteiger partial charge on any atom is -0.508 e. The molecule has 0 unspecified atom stereocenters. The van der Waals surface area contributed by atoms with Gasteiger partial charge < -0.3 is 5.11 Å². The number of aromatic hydroxyl groups is 1. The Labute approximate surface area is 131 Å². The molecule has 0 atom stereocenters. The van der Waals surface area contributed by atoms with Crippen molar-refractivity contribution in [2.75, 3.05) is 14.1 Å². The maximum absolute atomic E-state index is 12.9. The van der Waals surface area contributed by atoms with Crippen molar-refractivity contribution in [3.63, 3.8) is 0 Å². The quantitative estimate of drug-likeness (QED) is 0.928. The fourth-order valence-corrected chi connectivity index (χ4v) is 3.16. The van der Waals surface area contributed by atoms with Gasteiger partial charge in [0.15, 0.2) is 0 Å². The number of hydrogen-bond donors (Lipinski definition) is 1. The first-order valence-corrected chi connectivity index (χ1v) is 7.90. The third-order valence-electron chi connectivity index (χ3n) is 3.20. The molecule has 8 heteroatoms. The highest BCUT2D eigenvalue weighted by molar-refractivity contribution is 7.89. The highest BCUT2D eigenvalue weighted by Crippen LogP contribution is 2.37. The minimum absolute atomic E-state index is 0.0293. The molecule has 2 aromatic rings. The summed E-state index contributed by atoms with van der Waals surface area (Å²) < 4.78 is 64.3. The molecule has 0 spiro atoms. The normalized spacial score (nSPS) is 12.6. The summed E-state index contributed by atoms with van der Waals surface area (Å²) in [5, 5.41) is 9.56. The molecule has 0 heterocycles. The van der Waals surface area contributed by atoms with Crippen LogP contribution in [-0.2, 0) is 16.2 Å². The highest BCUT2D eigenvalue weighted by Gasteiger charge is 2.32. The van der Waals surface area contributed by atoms with Crippen molar-refractivity contribution in [3.8, 4) is 16.9 Å². The predicted molar refractivity (Wildman–Crippen MR) is 79.4 cm³/mol. The van der Waals surface area contributed by atoms with Gasteiger partial charge in [-0.3, -0.25) is 0 Å². The van der Waals surface area contributed by atoms with Gasteiger partial charge in [-0.1, -0.05) is 18.2 Å². The molecule has 0 saturated carbocycles. The van der Waals surface area contributed by atoms with E-state index in [-0.39, 0.29) is 16.0 Å². The minimum atomic E-state index is -4.65. The van der Waals surface area contributed by atoms with Crippen LogP contribution in [0.4, 0.5) is 13.2 Å². The number of sulfonamides is 1. The summed E-state index contributed by atoms with van der Waals surface area (Å²) in [5.41, 5.74) is -0.995. The second-order valence-electron chi connectivity index (χ2n) is 5.05. The first-order chi connectivity index (χ1) is 10.5. The van der Waals surface area contributed by atoms with Crippen molar-refractivity contribution >= 4 is 10.0 Å². The van der Waals surface area contributed by atoms with E-state index < -0.39 is 27.5 Å². The van der Waals surface area contributed by atoms with E-state index in [0.717, 1.165) is 16.4 Å². The Morgan fingerprint density at radius 3 is 2.22 bits per heavy atom. The van der Waals surface area contributed by atoms with Gasteiger partial charge in [-0.2, -0.15) is 13.2 Å². The Balaban J connectivity index is 2.72. The van der Waals surface area contributed by atoms with E-state index >= 15 is 0 Å². The average Bonchev–Trinajstić information content (AvgIpc) is 2.45. The van der Waals surface area contributed by atoms with E-state index in [1.165, 1.54) is 38.4 Å². The van der Waals surface area contributed by atoms with E-state index in [9.17, 15) is 26.7 Å². The van der Waals surface area contributed by atoms with Crippen molar-refractivity contribution in [3.05, 3.63) is 48.0 Å². The zero-order valence-electron chi connectivity index (χ0n) is 12.3. The lowest BCUT2D eigenvalue weighted by molar-refractivity contribution is -0.137. The van der Waals surface area contributed by atoms with Crippen LogP contribution in [0.3, 0.4) is 0 Å². The smallest absolute Gasteiger partial charge is 0.416 e. The number of phenols is 1. The molecule has 0 amide bonds. The van der Waals surface area contributed by atoms with Crippen LogP contribution in [0.5, 0.6) is 5.75 Å². The van der Waals surface area contributed by atoms with E-state index in [4.69, 9.17) is 0 Å². The standard InChI is InChI=1S/C15H14F3NO3S/c1-19(2)23(21,22)14-6-4-3-5-13(14)10-7-11(15(16,17)18)9-12(20)8-10/h3-9,20H,1-2H3. The Hall–Kier alpha value is -2.06. The summed E-state index contributed by atoms with van der Waals surface area (Å²) in [4.78, 5) is -0.135. The highest BCUT2D eigenvalue weighted by atomic mass is 32.2. The molecule has 0 fully saturated rings. The van der Waals surface area contributed by atoms with Crippen LogP contribution in [-0.4, -0.2) is 31.9 Å². The fraction of sp³-hybridized carbons (Fsp3) is 0.200. The maximum Gasteiger partial charge on any atom is 0.416 e. The monoisotopic (exact) mass is 345 g/mol. The van der Waals surface area contributed by atoms with Gasteiger partial charge in [0.25, 0.3) is 0 Å². The second-order valence-corrected chi connectivity index (χ2v) is 7.17. The first-order valence-electron chi connectivity index (χ1n) is 6.46. The van der Waals surface area contributed by atoms with Gasteiger partial charge >= 0.3 is 6.18 Å². The molecule has 0 aliphatic carbocycles. The topological polar surface area (TPSA) is 57.6 Å². The third kappa shape index (κ3) is 3.48. The molecule has 0 aromatic heterocycles. The number of benzene rings is 2. The van der Waals surface area contributed by atoms with E-state index in [1.54, 1.807) is 0 Å². The number of hydrogen-bond acceptors (Lipinski definition) is 3. The zero-order valence-corrected chi connectivity index (χ0v) is 13.1. The van der Waals surface area contributed by atoms with Crippen LogP contribution >= 0.6 is 0 Å². The van der Waals surface area contributed by atoms with Crippen molar-refractivity contribution in [1.29, 1.82) is 0 Å². The third-order valence-corrected chi connectivity index (χ3v) is 5.08. The van der Waals surface area contributed by atoms with Crippen LogP contribution in [0.15, 0.2) is 47.4 Å². The Kier molecular flexibility index (Phi) is 4.41. The van der Waals surface area contributed by atoms with Crippen LogP contribution in [0.2, 0.25) is 0 Å². The first kappa shape index (κ1) is 17.3. The van der Waals surface area contributed by atoms with E-state index in [0.29, 0.717) is 6.07 Å². The zero-order chi connectivity index (χ0) is 17.4. The van der Waals surface area contributed by atoms with Crippen molar-refractivity contribution in [1.82, 2.24) is 4.31 Å². The largest absolute Gasteiger partial charge is 0.508 e. The van der Waals surface area contributed by atoms with Crippen LogP contribution in [0, 0.1) is 0 Å². The maximum atomic E-state index is 12.9. The Morgan fingerprint density at radius 2 is 1.65 bits per heavy atom. The number of rotatable bonds is 3. The number of alkyl halides is 3. The van der Waals surface area contributed by atoms with Crippen LogP contribution in [0.25, 0.3) is 11.1 Å². The number of phenolic OH excluding ortho intramolecular Hbond substituents is 1. The molecule has 2 rings (SSSR count). The lowest BCUT2D eigenvalue weighted by atomic mass is 10.0. The van der Waals surface area contributed by atoms with Gasteiger partial charge in [-0.05, 0) is 29.8 Å². The van der Waals surface area contributed by atoms with E-state index in [2.05, 4.69) is 0 Å². The van der Waals surface area contributed by atoms with Gasteiger partial charge in [0.1, 0.15) is 5.75 Å². The summed E-state index contributed by atoms with van der Waals surface area (Å²) >= 11 is 0. The molecule has 0 aliphatic rings. The molecule has 0 radical (unpaired) electrons. The van der Waals surface area contributed by atoms with Crippen molar-refractivity contribution in [2.24, 2.45) is 0 Å². The van der Waals surface area contributed by atoms with Gasteiger partial charge in [-0.15, -0.1) is 0 Å². The fourth-order valence-electron chi connectivity index (χ4n) is 2.06. The molecule has 23 heavy (non-hydrogen) atoms. The predicted octanol–water partition coefficient (Wildman–Crippen LogP) is 3.33. The molecule has 2 aromatic carbocycles. The molecule has 124 valence electrons. The Bertz CT molecular complexity index is 830. The molecular formula is C15H14F3NO3S. The Morgan fingerprint density at radius 1 is 1.04 bits per heavy atom. The lowest BCUT2D eigenvalue weighted by Gasteiger charge is -2.16. The average molecular weight is 345 g/mol. The van der Waals surface area contributed by atoms with Gasteiger partial charge in [-0.25, -0.2) is 12.7 Å². The van der Waals surface area contributed by atoms with E-state index in [1.807, 2.05) is 0 Å². The summed E-state index contributed by atoms with van der Waals surface area (Å²) in [6.07, 6.45) is -4.65. The lowest BCUT2D eigenvalue weighted by Crippen LogP contribution is -2.22. The number of halogens is 3.